The lowest BCUT2D eigenvalue weighted by Crippen LogP contribution is -2.30. The maximum absolute atomic E-state index is 13.1. The van der Waals surface area contributed by atoms with Gasteiger partial charge in [-0.1, -0.05) is 388 Å². The second-order valence-electron chi connectivity index (χ2n) is 29.8. The molecule has 0 aromatic rings. The van der Waals surface area contributed by atoms with Gasteiger partial charge in [-0.2, -0.15) is 0 Å². The van der Waals surface area contributed by atoms with Gasteiger partial charge in [0, 0.05) is 25.7 Å². The number of hydrogen-bond acceptors (Lipinski definition) is 15. The van der Waals surface area contributed by atoms with E-state index >= 15 is 0 Å². The van der Waals surface area contributed by atoms with E-state index in [2.05, 4.69) is 34.6 Å². The highest BCUT2D eigenvalue weighted by Crippen LogP contribution is 2.45. The summed E-state index contributed by atoms with van der Waals surface area (Å²) in [5, 5.41) is 10.6. The summed E-state index contributed by atoms with van der Waals surface area (Å²) in [6, 6.07) is 0. The average Bonchev–Trinajstić information content (AvgIpc) is 0.938. The molecule has 0 aromatic heterocycles. The van der Waals surface area contributed by atoms with Crippen LogP contribution in [0.15, 0.2) is 0 Å². The molecule has 0 saturated carbocycles. The maximum atomic E-state index is 13.1. The molecule has 0 bridgehead atoms. The van der Waals surface area contributed by atoms with E-state index in [1.54, 1.807) is 0 Å². The van der Waals surface area contributed by atoms with Crippen molar-refractivity contribution in [3.05, 3.63) is 0 Å². The Morgan fingerprint density at radius 3 is 0.703 bits per heavy atom. The van der Waals surface area contributed by atoms with Gasteiger partial charge in [0.2, 0.25) is 0 Å². The smallest absolute Gasteiger partial charge is 0.462 e. The molecule has 0 saturated heterocycles. The van der Waals surface area contributed by atoms with Crippen molar-refractivity contribution in [3.63, 3.8) is 0 Å². The Kier molecular flexibility index (Phi) is 73.5. The topological polar surface area (TPSA) is 237 Å². The fraction of sp³-hybridized carbons (Fsp3) is 0.951. The first-order valence-corrected chi connectivity index (χ1v) is 45.7. The molecule has 0 rings (SSSR count). The molecule has 0 radical (unpaired) electrons. The van der Waals surface area contributed by atoms with Crippen LogP contribution in [0.5, 0.6) is 0 Å². The first-order valence-electron chi connectivity index (χ1n) is 42.7. The summed E-state index contributed by atoms with van der Waals surface area (Å²) in [4.78, 5) is 73.0. The Bertz CT molecular complexity index is 1930. The van der Waals surface area contributed by atoms with Crippen molar-refractivity contribution in [3.8, 4) is 0 Å². The van der Waals surface area contributed by atoms with Crippen molar-refractivity contribution in [2.24, 2.45) is 5.92 Å². The molecule has 19 heteroatoms. The van der Waals surface area contributed by atoms with Gasteiger partial charge in [-0.05, 0) is 31.6 Å². The number of hydrogen-bond donors (Lipinski definition) is 3. The summed E-state index contributed by atoms with van der Waals surface area (Å²) < 4.78 is 68.7. The van der Waals surface area contributed by atoms with Gasteiger partial charge in [0.1, 0.15) is 19.3 Å². The number of phosphoric acid groups is 2. The Labute approximate surface area is 619 Å². The molecule has 3 N–H and O–H groups in total. The highest BCUT2D eigenvalue weighted by molar-refractivity contribution is 7.47. The van der Waals surface area contributed by atoms with Crippen molar-refractivity contribution < 1.29 is 80.2 Å². The molecule has 0 spiro atoms. The first kappa shape index (κ1) is 99.1. The summed E-state index contributed by atoms with van der Waals surface area (Å²) in [7, 11) is -9.92. The van der Waals surface area contributed by atoms with E-state index in [1.165, 1.54) is 263 Å². The number of carbonyl (C=O) groups excluding carboxylic acids is 4. The van der Waals surface area contributed by atoms with E-state index in [0.717, 1.165) is 95.8 Å². The van der Waals surface area contributed by atoms with Crippen LogP contribution in [0.4, 0.5) is 0 Å². The van der Waals surface area contributed by atoms with Gasteiger partial charge in [-0.15, -0.1) is 0 Å². The van der Waals surface area contributed by atoms with E-state index in [0.29, 0.717) is 25.7 Å². The molecule has 0 aliphatic heterocycles. The Hall–Kier alpha value is -1.94. The maximum Gasteiger partial charge on any atom is 0.472 e. The predicted octanol–water partition coefficient (Wildman–Crippen LogP) is 24.8. The number of aliphatic hydroxyl groups excluding tert-OH is 1. The molecule has 101 heavy (non-hydrogen) atoms. The third-order valence-corrected chi connectivity index (χ3v) is 21.5. The standard InChI is InChI=1S/C82H160O17P2/c1-6-10-13-16-19-22-25-27-28-34-37-42-46-51-56-61-66-80(85)93-72-78(99-82(87)68-63-58-53-48-43-38-35-32-30-29-31-33-36-40-44-49-54-59-64-75(5)9-4)74-97-101(90,91)95-70-76(83)69-94-100(88,89)96-73-77(71-92-79(84)65-60-55-50-45-39-24-21-18-15-12-8-3)98-81(86)67-62-57-52-47-41-26-23-20-17-14-11-7-2/h75-78,83H,6-74H2,1-5H3,(H,88,89)(H,90,91)/t75?,76-,77+,78+/m0/s1. The van der Waals surface area contributed by atoms with Crippen LogP contribution in [0.3, 0.4) is 0 Å². The number of carbonyl (C=O) groups is 4. The van der Waals surface area contributed by atoms with Crippen molar-refractivity contribution in [1.82, 2.24) is 0 Å². The molecule has 3 unspecified atom stereocenters. The number of rotatable bonds is 82. The van der Waals surface area contributed by atoms with Gasteiger partial charge in [0.15, 0.2) is 12.2 Å². The van der Waals surface area contributed by atoms with E-state index < -0.39 is 97.5 Å². The fourth-order valence-electron chi connectivity index (χ4n) is 12.7. The number of ether oxygens (including phenoxy) is 4. The predicted molar refractivity (Wildman–Crippen MR) is 414 cm³/mol. The third-order valence-electron chi connectivity index (χ3n) is 19.6. The molecule has 0 aliphatic carbocycles. The van der Waals surface area contributed by atoms with Gasteiger partial charge >= 0.3 is 39.5 Å². The molecule has 0 heterocycles. The molecular formula is C82H160O17P2. The third kappa shape index (κ3) is 74.7. The largest absolute Gasteiger partial charge is 0.472 e. The normalized spacial score (nSPS) is 14.1. The van der Waals surface area contributed by atoms with Gasteiger partial charge in [-0.25, -0.2) is 9.13 Å². The Morgan fingerprint density at radius 1 is 0.277 bits per heavy atom. The van der Waals surface area contributed by atoms with E-state index in [1.807, 2.05) is 0 Å². The van der Waals surface area contributed by atoms with Crippen molar-refractivity contribution in [2.75, 3.05) is 39.6 Å². The van der Waals surface area contributed by atoms with Crippen molar-refractivity contribution in [2.45, 2.75) is 457 Å². The van der Waals surface area contributed by atoms with Crippen LogP contribution in [-0.4, -0.2) is 96.7 Å². The number of phosphoric ester groups is 2. The molecule has 600 valence electrons. The molecule has 6 atom stereocenters. The lowest BCUT2D eigenvalue weighted by Gasteiger charge is -2.21. The monoisotopic (exact) mass is 1480 g/mol. The zero-order valence-electron chi connectivity index (χ0n) is 66.1. The second-order valence-corrected chi connectivity index (χ2v) is 32.7. The second kappa shape index (κ2) is 74.9. The highest BCUT2D eigenvalue weighted by atomic mass is 31.2. The van der Waals surface area contributed by atoms with Crippen LogP contribution in [0, 0.1) is 5.92 Å². The summed E-state index contributed by atoms with van der Waals surface area (Å²) in [6.07, 6.45) is 66.5. The van der Waals surface area contributed by atoms with E-state index in [4.69, 9.17) is 37.0 Å². The zero-order chi connectivity index (χ0) is 74.1. The van der Waals surface area contributed by atoms with Gasteiger partial charge in [0.25, 0.3) is 0 Å². The molecule has 17 nitrogen and oxygen atoms in total. The van der Waals surface area contributed by atoms with Gasteiger partial charge in [-0.3, -0.25) is 37.3 Å². The molecular weight excluding hydrogens is 1320 g/mol. The Morgan fingerprint density at radius 2 is 0.475 bits per heavy atom. The van der Waals surface area contributed by atoms with E-state index in [-0.39, 0.29) is 25.7 Å². The SMILES string of the molecule is CCCCCCCCCCCCCCCCCCC(=O)OC[C@H](COP(=O)(O)OC[C@@H](O)COP(=O)(O)OC[C@@H](COC(=O)CCCCCCCCCCCCC)OC(=O)CCCCCCCCCCCCCC)OC(=O)CCCCCCCCCCCCCCCCCCCCC(C)CC. The summed E-state index contributed by atoms with van der Waals surface area (Å²) in [5.41, 5.74) is 0. The van der Waals surface area contributed by atoms with Gasteiger partial charge < -0.3 is 33.8 Å². The Balaban J connectivity index is 5.21. The average molecular weight is 1480 g/mol. The number of esters is 4. The molecule has 0 amide bonds. The molecule has 0 aromatic carbocycles. The quantitative estimate of drug-likeness (QED) is 0.0222. The summed E-state index contributed by atoms with van der Waals surface area (Å²) >= 11 is 0. The summed E-state index contributed by atoms with van der Waals surface area (Å²) in [6.45, 7) is 7.40. The van der Waals surface area contributed by atoms with E-state index in [9.17, 15) is 43.2 Å². The van der Waals surface area contributed by atoms with Crippen LogP contribution in [0.2, 0.25) is 0 Å². The van der Waals surface area contributed by atoms with Crippen LogP contribution in [0.25, 0.3) is 0 Å². The van der Waals surface area contributed by atoms with Crippen molar-refractivity contribution >= 4 is 39.5 Å². The van der Waals surface area contributed by atoms with Crippen LogP contribution in [0.1, 0.15) is 439 Å². The van der Waals surface area contributed by atoms with Crippen LogP contribution in [-0.2, 0) is 65.4 Å². The minimum absolute atomic E-state index is 0.108. The fourth-order valence-corrected chi connectivity index (χ4v) is 14.3. The minimum atomic E-state index is -4.96. The van der Waals surface area contributed by atoms with Gasteiger partial charge in [0.05, 0.1) is 26.4 Å². The summed E-state index contributed by atoms with van der Waals surface area (Å²) in [5.74, 6) is -1.23. The highest BCUT2D eigenvalue weighted by Gasteiger charge is 2.30. The lowest BCUT2D eigenvalue weighted by molar-refractivity contribution is -0.161. The van der Waals surface area contributed by atoms with Crippen LogP contribution < -0.4 is 0 Å². The number of aliphatic hydroxyl groups is 1. The van der Waals surface area contributed by atoms with Crippen LogP contribution >= 0.6 is 15.6 Å². The minimum Gasteiger partial charge on any atom is -0.462 e. The zero-order valence-corrected chi connectivity index (χ0v) is 67.8. The van der Waals surface area contributed by atoms with Crippen molar-refractivity contribution in [1.29, 1.82) is 0 Å². The first-order chi connectivity index (χ1) is 49.1. The number of unbranched alkanes of at least 4 members (excludes halogenated alkanes) is 53. The lowest BCUT2D eigenvalue weighted by atomic mass is 9.99. The molecule has 0 aliphatic rings. The molecule has 0 fully saturated rings.